The van der Waals surface area contributed by atoms with Crippen molar-refractivity contribution in [1.29, 1.82) is 0 Å². The van der Waals surface area contributed by atoms with Crippen LogP contribution in [0, 0.1) is 11.7 Å². The number of benzene rings is 1. The molecule has 0 aliphatic carbocycles. The Labute approximate surface area is 183 Å². The highest BCUT2D eigenvalue weighted by molar-refractivity contribution is 6.39. The Kier molecular flexibility index (Phi) is 7.06. The first-order valence-electron chi connectivity index (χ1n) is 9.75. The van der Waals surface area contributed by atoms with E-state index in [1.54, 1.807) is 24.2 Å². The first-order valence-corrected chi connectivity index (χ1v) is 10.1. The summed E-state index contributed by atoms with van der Waals surface area (Å²) in [7, 11) is 1.59. The van der Waals surface area contributed by atoms with Gasteiger partial charge in [-0.3, -0.25) is 19.2 Å². The molecule has 2 aromatic rings. The van der Waals surface area contributed by atoms with Gasteiger partial charge in [0.25, 0.3) is 11.5 Å². The summed E-state index contributed by atoms with van der Waals surface area (Å²) in [6.07, 6.45) is 2.86. The van der Waals surface area contributed by atoms with E-state index >= 15 is 0 Å². The average molecular weight is 449 g/mol. The van der Waals surface area contributed by atoms with Crippen LogP contribution in [0.2, 0.25) is 5.02 Å². The Morgan fingerprint density at radius 1 is 1.16 bits per heavy atom. The van der Waals surface area contributed by atoms with Crippen molar-refractivity contribution in [3.05, 3.63) is 63.3 Å². The van der Waals surface area contributed by atoms with Gasteiger partial charge in [-0.25, -0.2) is 4.39 Å². The zero-order valence-electron chi connectivity index (χ0n) is 16.9. The van der Waals surface area contributed by atoms with Gasteiger partial charge < -0.3 is 20.1 Å². The fraction of sp³-hybridized carbons (Fsp3) is 0.333. The number of carbonyl (C=O) groups is 3. The van der Waals surface area contributed by atoms with Crippen LogP contribution in [0.25, 0.3) is 0 Å². The minimum Gasteiger partial charge on any atom is -0.348 e. The molecule has 0 saturated carbocycles. The second-order valence-corrected chi connectivity index (χ2v) is 7.77. The van der Waals surface area contributed by atoms with Crippen LogP contribution in [0.15, 0.2) is 41.3 Å². The average Bonchev–Trinajstić information content (AvgIpc) is 2.76. The van der Waals surface area contributed by atoms with Crippen LogP contribution >= 0.6 is 11.6 Å². The van der Waals surface area contributed by atoms with Crippen molar-refractivity contribution < 1.29 is 18.8 Å². The summed E-state index contributed by atoms with van der Waals surface area (Å²) in [5.41, 5.74) is 0.00934. The highest BCUT2D eigenvalue weighted by atomic mass is 35.5. The molecule has 1 aliphatic heterocycles. The maximum absolute atomic E-state index is 13.2. The van der Waals surface area contributed by atoms with Crippen LogP contribution in [0.5, 0.6) is 0 Å². The zero-order valence-corrected chi connectivity index (χ0v) is 17.6. The van der Waals surface area contributed by atoms with Crippen LogP contribution in [0.4, 0.5) is 10.1 Å². The van der Waals surface area contributed by atoms with Gasteiger partial charge in [-0.15, -0.1) is 0 Å². The highest BCUT2D eigenvalue weighted by Gasteiger charge is 2.26. The summed E-state index contributed by atoms with van der Waals surface area (Å²) in [6.45, 7) is 1.20. The largest absolute Gasteiger partial charge is 0.348 e. The molecular formula is C21H22ClFN4O4. The van der Waals surface area contributed by atoms with Gasteiger partial charge in [0, 0.05) is 38.6 Å². The van der Waals surface area contributed by atoms with Crippen LogP contribution in [0.1, 0.15) is 23.2 Å². The first-order chi connectivity index (χ1) is 14.8. The third kappa shape index (κ3) is 5.49. The molecule has 31 heavy (non-hydrogen) atoms. The quantitative estimate of drug-likeness (QED) is 0.696. The number of anilines is 1. The number of nitrogens with zero attached hydrogens (tertiary/aromatic N) is 2. The monoisotopic (exact) mass is 448 g/mol. The number of carbonyl (C=O) groups excluding carboxylic acids is 3. The van der Waals surface area contributed by atoms with Crippen molar-refractivity contribution in [2.24, 2.45) is 13.0 Å². The summed E-state index contributed by atoms with van der Waals surface area (Å²) < 4.78 is 14.5. The smallest absolute Gasteiger partial charge is 0.313 e. The highest BCUT2D eigenvalue weighted by Crippen LogP contribution is 2.20. The summed E-state index contributed by atoms with van der Waals surface area (Å²) in [5, 5.41) is 4.78. The number of hydrogen-bond donors (Lipinski definition) is 2. The number of piperidine rings is 1. The van der Waals surface area contributed by atoms with Crippen LogP contribution in [0.3, 0.4) is 0 Å². The lowest BCUT2D eigenvalue weighted by Crippen LogP contribution is -2.44. The topological polar surface area (TPSA) is 101 Å². The Hall–Kier alpha value is -3.20. The zero-order chi connectivity index (χ0) is 22.5. The Balaban J connectivity index is 1.46. The van der Waals surface area contributed by atoms with Crippen molar-refractivity contribution >= 4 is 35.0 Å². The molecule has 2 N–H and O–H groups in total. The molecule has 0 unspecified atom stereocenters. The lowest BCUT2D eigenvalue weighted by Gasteiger charge is -2.32. The second kappa shape index (κ2) is 9.74. The molecule has 10 heteroatoms. The van der Waals surface area contributed by atoms with Gasteiger partial charge in [0.1, 0.15) is 11.4 Å². The number of hydrogen-bond acceptors (Lipinski definition) is 4. The standard InChI is InChI=1S/C21H22ClFN4O4/c1-26-8-2-3-15(20(26)30)21(31)27-9-6-13(7-10-27)12-24-18(28)19(29)25-14-4-5-17(23)16(22)11-14/h2-5,8,11,13H,6-7,9-10,12H2,1H3,(H,24,28)(H,25,29). The van der Waals surface area contributed by atoms with Crippen molar-refractivity contribution in [3.8, 4) is 0 Å². The summed E-state index contributed by atoms with van der Waals surface area (Å²) in [4.78, 5) is 50.4. The van der Waals surface area contributed by atoms with Crippen LogP contribution in [-0.4, -0.2) is 46.8 Å². The summed E-state index contributed by atoms with van der Waals surface area (Å²) >= 11 is 5.66. The minimum absolute atomic E-state index is 0.0969. The number of pyridine rings is 1. The molecule has 3 amide bonds. The minimum atomic E-state index is -0.879. The molecule has 0 bridgehead atoms. The third-order valence-electron chi connectivity index (χ3n) is 5.19. The fourth-order valence-corrected chi connectivity index (χ4v) is 3.53. The van der Waals surface area contributed by atoms with Gasteiger partial charge >= 0.3 is 11.8 Å². The first kappa shape index (κ1) is 22.5. The molecule has 1 aromatic heterocycles. The van der Waals surface area contributed by atoms with Gasteiger partial charge in [0.2, 0.25) is 0 Å². The SMILES string of the molecule is Cn1cccc(C(=O)N2CCC(CNC(=O)C(=O)Nc3ccc(F)c(Cl)c3)CC2)c1=O. The van der Waals surface area contributed by atoms with E-state index in [4.69, 9.17) is 11.6 Å². The summed E-state index contributed by atoms with van der Waals surface area (Å²) in [5.74, 6) is -2.52. The van der Waals surface area contributed by atoms with E-state index in [9.17, 15) is 23.6 Å². The molecule has 0 radical (unpaired) electrons. The van der Waals surface area contributed by atoms with Gasteiger partial charge in [-0.1, -0.05) is 11.6 Å². The number of rotatable bonds is 4. The summed E-state index contributed by atoms with van der Waals surface area (Å²) in [6, 6.07) is 6.79. The molecule has 1 aliphatic rings. The third-order valence-corrected chi connectivity index (χ3v) is 5.48. The number of amides is 3. The Morgan fingerprint density at radius 2 is 1.87 bits per heavy atom. The van der Waals surface area contributed by atoms with Crippen molar-refractivity contribution in [2.75, 3.05) is 25.0 Å². The van der Waals surface area contributed by atoms with E-state index in [2.05, 4.69) is 10.6 Å². The Morgan fingerprint density at radius 3 is 2.55 bits per heavy atom. The second-order valence-electron chi connectivity index (χ2n) is 7.37. The van der Waals surface area contributed by atoms with Crippen LogP contribution < -0.4 is 16.2 Å². The number of aryl methyl sites for hydroxylation is 1. The molecular weight excluding hydrogens is 427 g/mol. The van der Waals surface area contributed by atoms with E-state index in [0.717, 1.165) is 6.07 Å². The lowest BCUT2D eigenvalue weighted by atomic mass is 9.96. The number of likely N-dealkylation sites (tertiary alicyclic amines) is 1. The van der Waals surface area contributed by atoms with E-state index in [1.807, 2.05) is 0 Å². The molecule has 164 valence electrons. The van der Waals surface area contributed by atoms with Gasteiger partial charge in [-0.2, -0.15) is 0 Å². The predicted octanol–water partition coefficient (Wildman–Crippen LogP) is 1.78. The fourth-order valence-electron chi connectivity index (χ4n) is 3.35. The van der Waals surface area contributed by atoms with Gasteiger partial charge in [0.15, 0.2) is 0 Å². The van der Waals surface area contributed by atoms with E-state index in [0.29, 0.717) is 25.9 Å². The molecule has 8 nitrogen and oxygen atoms in total. The predicted molar refractivity (Wildman–Crippen MR) is 113 cm³/mol. The van der Waals surface area contributed by atoms with Crippen LogP contribution in [-0.2, 0) is 16.6 Å². The maximum atomic E-state index is 13.2. The normalized spacial score (nSPS) is 14.2. The Bertz CT molecular complexity index is 1060. The number of aromatic nitrogens is 1. The van der Waals surface area contributed by atoms with Gasteiger partial charge in [0.05, 0.1) is 5.02 Å². The van der Waals surface area contributed by atoms with E-state index in [-0.39, 0.29) is 40.2 Å². The number of nitrogens with one attached hydrogen (secondary N) is 2. The molecule has 2 heterocycles. The molecule has 0 atom stereocenters. The lowest BCUT2D eigenvalue weighted by molar-refractivity contribution is -0.136. The van der Waals surface area contributed by atoms with Crippen molar-refractivity contribution in [1.82, 2.24) is 14.8 Å². The maximum Gasteiger partial charge on any atom is 0.313 e. The molecule has 1 saturated heterocycles. The molecule has 0 spiro atoms. The van der Waals surface area contributed by atoms with Crippen molar-refractivity contribution in [2.45, 2.75) is 12.8 Å². The van der Waals surface area contributed by atoms with E-state index < -0.39 is 17.6 Å². The molecule has 1 fully saturated rings. The van der Waals surface area contributed by atoms with E-state index in [1.165, 1.54) is 22.8 Å². The van der Waals surface area contributed by atoms with Crippen molar-refractivity contribution in [3.63, 3.8) is 0 Å². The van der Waals surface area contributed by atoms with Gasteiger partial charge in [-0.05, 0) is 49.1 Å². The molecule has 1 aromatic carbocycles. The molecule has 3 rings (SSSR count). The number of halogens is 2.